The van der Waals surface area contributed by atoms with Crippen molar-refractivity contribution < 1.29 is 9.53 Å². The molecule has 21 heavy (non-hydrogen) atoms. The van der Waals surface area contributed by atoms with Crippen molar-refractivity contribution >= 4 is 17.2 Å². The molecule has 5 nitrogen and oxygen atoms in total. The summed E-state index contributed by atoms with van der Waals surface area (Å²) >= 11 is 1.39. The molecule has 0 aliphatic carbocycles. The second-order valence-electron chi connectivity index (χ2n) is 4.16. The van der Waals surface area contributed by atoms with Crippen LogP contribution in [0.15, 0.2) is 24.5 Å². The van der Waals surface area contributed by atoms with Crippen LogP contribution in [0.25, 0.3) is 0 Å². The van der Waals surface area contributed by atoms with Crippen molar-refractivity contribution in [1.82, 2.24) is 15.3 Å². The maximum absolute atomic E-state index is 11.9. The molecule has 0 atom stereocenters. The molecule has 0 aromatic carbocycles. The van der Waals surface area contributed by atoms with Gasteiger partial charge in [-0.15, -0.1) is 11.3 Å². The summed E-state index contributed by atoms with van der Waals surface area (Å²) in [6, 6.07) is 3.60. The first kappa shape index (κ1) is 15.0. The van der Waals surface area contributed by atoms with E-state index in [-0.39, 0.29) is 19.1 Å². The Balaban J connectivity index is 1.74. The summed E-state index contributed by atoms with van der Waals surface area (Å²) in [4.78, 5) is 20.7. The summed E-state index contributed by atoms with van der Waals surface area (Å²) in [5.41, 5.74) is 0.753. The van der Waals surface area contributed by atoms with Crippen LogP contribution in [0.3, 0.4) is 0 Å². The van der Waals surface area contributed by atoms with E-state index < -0.39 is 0 Å². The smallest absolute Gasteiger partial charge is 0.264 e. The number of nitrogens with zero attached hydrogens (tertiary/aromatic N) is 2. The second-order valence-corrected chi connectivity index (χ2v) is 5.36. The summed E-state index contributed by atoms with van der Waals surface area (Å²) in [5.74, 6) is 6.21. The molecule has 0 bridgehead atoms. The van der Waals surface area contributed by atoms with E-state index in [2.05, 4.69) is 27.1 Å². The van der Waals surface area contributed by atoms with Gasteiger partial charge in [-0.05, 0) is 26.0 Å². The van der Waals surface area contributed by atoms with Crippen molar-refractivity contribution in [2.45, 2.75) is 13.8 Å². The molecule has 2 heterocycles. The quantitative estimate of drug-likeness (QED) is 0.877. The SMILES string of the molecule is Cc1nc(C)c(C(=O)NCC#CCOc2cccnc2)s1. The van der Waals surface area contributed by atoms with Crippen LogP contribution in [-0.4, -0.2) is 29.0 Å². The number of amides is 1. The summed E-state index contributed by atoms with van der Waals surface area (Å²) in [6.07, 6.45) is 3.30. The van der Waals surface area contributed by atoms with Crippen LogP contribution < -0.4 is 10.1 Å². The van der Waals surface area contributed by atoms with Crippen LogP contribution in [0.1, 0.15) is 20.4 Å². The number of hydrogen-bond acceptors (Lipinski definition) is 5. The van der Waals surface area contributed by atoms with Crippen LogP contribution in [-0.2, 0) is 0 Å². The normalized spacial score (nSPS) is 9.62. The van der Waals surface area contributed by atoms with Gasteiger partial charge in [0.1, 0.15) is 17.2 Å². The molecule has 0 saturated heterocycles. The Kier molecular flexibility index (Phi) is 5.29. The topological polar surface area (TPSA) is 64.1 Å². The lowest BCUT2D eigenvalue weighted by Crippen LogP contribution is -2.23. The molecule has 2 aromatic heterocycles. The van der Waals surface area contributed by atoms with E-state index in [0.29, 0.717) is 10.6 Å². The third-order valence-electron chi connectivity index (χ3n) is 2.52. The molecule has 6 heteroatoms. The Hall–Kier alpha value is -2.39. The largest absolute Gasteiger partial charge is 0.479 e. The van der Waals surface area contributed by atoms with E-state index in [0.717, 1.165) is 10.7 Å². The first-order valence-corrected chi connectivity index (χ1v) is 7.19. The molecule has 1 amide bonds. The van der Waals surface area contributed by atoms with Crippen LogP contribution in [0.4, 0.5) is 0 Å². The Morgan fingerprint density at radius 2 is 2.29 bits per heavy atom. The molecule has 2 aromatic rings. The van der Waals surface area contributed by atoms with Crippen molar-refractivity contribution in [3.05, 3.63) is 40.1 Å². The molecule has 0 fully saturated rings. The minimum atomic E-state index is -0.138. The number of ether oxygens (including phenoxy) is 1. The van der Waals surface area contributed by atoms with Gasteiger partial charge in [-0.1, -0.05) is 11.8 Å². The van der Waals surface area contributed by atoms with E-state index in [1.54, 1.807) is 18.5 Å². The number of hydrogen-bond donors (Lipinski definition) is 1. The second kappa shape index (κ2) is 7.41. The zero-order chi connectivity index (χ0) is 15.1. The monoisotopic (exact) mass is 301 g/mol. The van der Waals surface area contributed by atoms with Gasteiger partial charge in [0.2, 0.25) is 0 Å². The molecular formula is C15H15N3O2S. The van der Waals surface area contributed by atoms with Crippen LogP contribution in [0.2, 0.25) is 0 Å². The van der Waals surface area contributed by atoms with Gasteiger partial charge in [-0.3, -0.25) is 9.78 Å². The fourth-order valence-corrected chi connectivity index (χ4v) is 2.45. The van der Waals surface area contributed by atoms with Crippen molar-refractivity contribution in [3.63, 3.8) is 0 Å². The Morgan fingerprint density at radius 1 is 1.43 bits per heavy atom. The minimum Gasteiger partial charge on any atom is -0.479 e. The molecule has 108 valence electrons. The number of aromatic nitrogens is 2. The number of rotatable bonds is 4. The van der Waals surface area contributed by atoms with E-state index in [4.69, 9.17) is 4.74 Å². The van der Waals surface area contributed by atoms with Gasteiger partial charge < -0.3 is 10.1 Å². The Morgan fingerprint density at radius 3 is 2.95 bits per heavy atom. The summed E-state index contributed by atoms with van der Waals surface area (Å²) in [5, 5.41) is 3.62. The summed E-state index contributed by atoms with van der Waals surface area (Å²) < 4.78 is 5.36. The van der Waals surface area contributed by atoms with Gasteiger partial charge >= 0.3 is 0 Å². The average Bonchev–Trinajstić information content (AvgIpc) is 2.82. The van der Waals surface area contributed by atoms with Crippen LogP contribution in [0.5, 0.6) is 5.75 Å². The zero-order valence-electron chi connectivity index (χ0n) is 11.8. The standard InChI is InChI=1S/C15H15N3O2S/c1-11-14(21-12(2)18-11)15(19)17-8-3-4-9-20-13-6-5-7-16-10-13/h5-7,10H,8-9H2,1-2H3,(H,17,19). The lowest BCUT2D eigenvalue weighted by atomic mass is 10.4. The molecule has 1 N–H and O–H groups in total. The highest BCUT2D eigenvalue weighted by molar-refractivity contribution is 7.13. The van der Waals surface area contributed by atoms with E-state index >= 15 is 0 Å². The Labute approximate surface area is 127 Å². The lowest BCUT2D eigenvalue weighted by molar-refractivity contribution is 0.0962. The van der Waals surface area contributed by atoms with Crippen molar-refractivity contribution in [1.29, 1.82) is 0 Å². The highest BCUT2D eigenvalue weighted by Crippen LogP contribution is 2.16. The fraction of sp³-hybridized carbons (Fsp3) is 0.267. The number of pyridine rings is 1. The van der Waals surface area contributed by atoms with Crippen molar-refractivity contribution in [2.24, 2.45) is 0 Å². The zero-order valence-corrected chi connectivity index (χ0v) is 12.7. The Bertz CT molecular complexity index is 671. The third kappa shape index (κ3) is 4.58. The lowest BCUT2D eigenvalue weighted by Gasteiger charge is -2.00. The predicted molar refractivity (Wildman–Crippen MR) is 81.4 cm³/mol. The fourth-order valence-electron chi connectivity index (χ4n) is 1.61. The van der Waals surface area contributed by atoms with Gasteiger partial charge in [0.25, 0.3) is 5.91 Å². The van der Waals surface area contributed by atoms with Gasteiger partial charge in [0.05, 0.1) is 23.4 Å². The van der Waals surface area contributed by atoms with E-state index in [1.165, 1.54) is 11.3 Å². The van der Waals surface area contributed by atoms with Crippen LogP contribution >= 0.6 is 11.3 Å². The highest BCUT2D eigenvalue weighted by atomic mass is 32.1. The molecule has 0 radical (unpaired) electrons. The number of thiazole rings is 1. The first-order valence-electron chi connectivity index (χ1n) is 6.37. The van der Waals surface area contributed by atoms with Crippen LogP contribution in [0, 0.1) is 25.7 Å². The van der Waals surface area contributed by atoms with Gasteiger partial charge in [0, 0.05) is 6.20 Å². The maximum atomic E-state index is 11.9. The highest BCUT2D eigenvalue weighted by Gasteiger charge is 2.12. The summed E-state index contributed by atoms with van der Waals surface area (Å²) in [6.45, 7) is 4.25. The van der Waals surface area contributed by atoms with Gasteiger partial charge in [0.15, 0.2) is 0 Å². The maximum Gasteiger partial charge on any atom is 0.264 e. The van der Waals surface area contributed by atoms with E-state index in [1.807, 2.05) is 19.9 Å². The summed E-state index contributed by atoms with van der Waals surface area (Å²) in [7, 11) is 0. The minimum absolute atomic E-state index is 0.138. The number of aryl methyl sites for hydroxylation is 2. The van der Waals surface area contributed by atoms with Crippen molar-refractivity contribution in [3.8, 4) is 17.6 Å². The molecule has 0 unspecified atom stereocenters. The predicted octanol–water partition coefficient (Wildman–Crippen LogP) is 1.97. The molecule has 0 aliphatic heterocycles. The molecule has 0 aliphatic rings. The van der Waals surface area contributed by atoms with Crippen molar-refractivity contribution in [2.75, 3.05) is 13.2 Å². The molecule has 2 rings (SSSR count). The molecule has 0 saturated carbocycles. The molecular weight excluding hydrogens is 286 g/mol. The number of carbonyl (C=O) groups excluding carboxylic acids is 1. The van der Waals surface area contributed by atoms with Gasteiger partial charge in [-0.25, -0.2) is 4.98 Å². The van der Waals surface area contributed by atoms with Gasteiger partial charge in [-0.2, -0.15) is 0 Å². The average molecular weight is 301 g/mol. The first-order chi connectivity index (χ1) is 10.2. The molecule has 0 spiro atoms. The van der Waals surface area contributed by atoms with E-state index in [9.17, 15) is 4.79 Å². The number of nitrogens with one attached hydrogen (secondary N) is 1. The third-order valence-corrected chi connectivity index (χ3v) is 3.59. The number of carbonyl (C=O) groups is 1.